The number of fused-ring (bicyclic) bond motifs is 1. The molecule has 1 heterocycles. The smallest absolute Gasteiger partial charge is 0.337 e. The van der Waals surface area contributed by atoms with Gasteiger partial charge in [-0.15, -0.1) is 0 Å². The minimum Gasteiger partial charge on any atom is -0.465 e. The van der Waals surface area contributed by atoms with Crippen LogP contribution >= 0.6 is 0 Å². The van der Waals surface area contributed by atoms with Crippen molar-refractivity contribution >= 4 is 11.7 Å². The van der Waals surface area contributed by atoms with Crippen LogP contribution < -0.4 is 0 Å². The van der Waals surface area contributed by atoms with E-state index in [1.54, 1.807) is 12.1 Å². The summed E-state index contributed by atoms with van der Waals surface area (Å²) >= 11 is 0. The van der Waals surface area contributed by atoms with E-state index in [4.69, 9.17) is 9.57 Å². The van der Waals surface area contributed by atoms with Crippen LogP contribution in [0, 0.1) is 0 Å². The molecule has 1 aliphatic carbocycles. The van der Waals surface area contributed by atoms with Crippen LogP contribution in [0.4, 0.5) is 0 Å². The third kappa shape index (κ3) is 3.57. The molecule has 0 amide bonds. The van der Waals surface area contributed by atoms with Crippen LogP contribution in [-0.4, -0.2) is 18.8 Å². The number of hydrogen-bond acceptors (Lipinski definition) is 4. The standard InChI is InChI=1S/C25H29NO3/c1-24(2)12-13-25(3,4)20-14-18(10-11-19(20)24)21-15-22(29-26-21)16-6-8-17(9-7-16)23(27)28-5/h6-11,14,22H,12-13,15H2,1-5H3. The Hall–Kier alpha value is -2.62. The van der Waals surface area contributed by atoms with Gasteiger partial charge in [0.1, 0.15) is 0 Å². The van der Waals surface area contributed by atoms with E-state index in [1.165, 1.54) is 31.1 Å². The second-order valence-electron chi connectivity index (χ2n) is 9.48. The number of esters is 1. The van der Waals surface area contributed by atoms with Gasteiger partial charge in [-0.25, -0.2) is 4.79 Å². The van der Waals surface area contributed by atoms with Gasteiger partial charge in [-0.3, -0.25) is 0 Å². The lowest BCUT2D eigenvalue weighted by molar-refractivity contribution is 0.0600. The molecular formula is C25H29NO3. The summed E-state index contributed by atoms with van der Waals surface area (Å²) in [4.78, 5) is 17.4. The largest absolute Gasteiger partial charge is 0.465 e. The third-order valence-electron chi connectivity index (χ3n) is 6.56. The van der Waals surface area contributed by atoms with Crippen LogP contribution in [0.3, 0.4) is 0 Å². The fourth-order valence-electron chi connectivity index (χ4n) is 4.45. The number of hydrogen-bond donors (Lipinski definition) is 0. The molecule has 4 heteroatoms. The van der Waals surface area contributed by atoms with Crippen LogP contribution in [0.15, 0.2) is 47.6 Å². The number of carbonyl (C=O) groups is 1. The third-order valence-corrected chi connectivity index (χ3v) is 6.56. The number of methoxy groups -OCH3 is 1. The van der Waals surface area contributed by atoms with E-state index in [2.05, 4.69) is 51.0 Å². The van der Waals surface area contributed by atoms with Crippen molar-refractivity contribution in [2.75, 3.05) is 7.11 Å². The van der Waals surface area contributed by atoms with Crippen molar-refractivity contribution in [1.82, 2.24) is 0 Å². The molecule has 0 aromatic heterocycles. The van der Waals surface area contributed by atoms with Crippen molar-refractivity contribution in [1.29, 1.82) is 0 Å². The van der Waals surface area contributed by atoms with Crippen molar-refractivity contribution < 1.29 is 14.4 Å². The Kier molecular flexibility index (Phi) is 4.76. The summed E-state index contributed by atoms with van der Waals surface area (Å²) in [6.07, 6.45) is 2.99. The molecular weight excluding hydrogens is 362 g/mol. The monoisotopic (exact) mass is 391 g/mol. The Morgan fingerprint density at radius 1 is 1.00 bits per heavy atom. The maximum Gasteiger partial charge on any atom is 0.337 e. The maximum absolute atomic E-state index is 11.6. The number of oxime groups is 1. The van der Waals surface area contributed by atoms with E-state index < -0.39 is 0 Å². The summed E-state index contributed by atoms with van der Waals surface area (Å²) in [5.74, 6) is -0.333. The Morgan fingerprint density at radius 3 is 2.31 bits per heavy atom. The molecule has 0 bridgehead atoms. The molecule has 0 saturated carbocycles. The van der Waals surface area contributed by atoms with Crippen LogP contribution in [0.25, 0.3) is 0 Å². The fraction of sp³-hybridized carbons (Fsp3) is 0.440. The summed E-state index contributed by atoms with van der Waals surface area (Å²) < 4.78 is 4.76. The average Bonchev–Trinajstić information content (AvgIpc) is 3.21. The minimum atomic E-state index is -0.333. The van der Waals surface area contributed by atoms with Crippen molar-refractivity contribution in [3.63, 3.8) is 0 Å². The summed E-state index contributed by atoms with van der Waals surface area (Å²) in [5, 5.41) is 4.40. The lowest BCUT2D eigenvalue weighted by Crippen LogP contribution is -2.34. The van der Waals surface area contributed by atoms with Gasteiger partial charge < -0.3 is 9.57 Å². The van der Waals surface area contributed by atoms with Gasteiger partial charge in [-0.05, 0) is 64.1 Å². The molecule has 2 aliphatic rings. The normalized spacial score (nSPS) is 21.7. The highest BCUT2D eigenvalue weighted by molar-refractivity contribution is 6.01. The minimum absolute atomic E-state index is 0.128. The Labute approximate surface area is 172 Å². The molecule has 1 unspecified atom stereocenters. The van der Waals surface area contributed by atoms with Gasteiger partial charge in [0.25, 0.3) is 0 Å². The fourth-order valence-corrected chi connectivity index (χ4v) is 4.45. The first-order valence-corrected chi connectivity index (χ1v) is 10.3. The number of nitrogens with zero attached hydrogens (tertiary/aromatic N) is 1. The van der Waals surface area contributed by atoms with E-state index in [0.717, 1.165) is 23.3 Å². The van der Waals surface area contributed by atoms with E-state index in [-0.39, 0.29) is 22.9 Å². The molecule has 2 aromatic rings. The second kappa shape index (κ2) is 7.01. The summed E-state index contributed by atoms with van der Waals surface area (Å²) in [7, 11) is 1.39. The summed E-state index contributed by atoms with van der Waals surface area (Å²) in [6.45, 7) is 9.35. The highest BCUT2D eigenvalue weighted by Crippen LogP contribution is 2.46. The van der Waals surface area contributed by atoms with E-state index in [1.807, 2.05) is 12.1 Å². The molecule has 29 heavy (non-hydrogen) atoms. The first-order chi connectivity index (χ1) is 13.7. The first kappa shape index (κ1) is 19.7. The van der Waals surface area contributed by atoms with Gasteiger partial charge >= 0.3 is 5.97 Å². The van der Waals surface area contributed by atoms with Gasteiger partial charge in [-0.2, -0.15) is 0 Å². The lowest BCUT2D eigenvalue weighted by Gasteiger charge is -2.42. The summed E-state index contributed by atoms with van der Waals surface area (Å²) in [6, 6.07) is 14.2. The van der Waals surface area contributed by atoms with Gasteiger partial charge in [-0.1, -0.05) is 57.1 Å². The number of benzene rings is 2. The number of ether oxygens (including phenoxy) is 1. The zero-order chi connectivity index (χ0) is 20.8. The van der Waals surface area contributed by atoms with Crippen molar-refractivity contribution in [2.45, 2.75) is 63.9 Å². The number of rotatable bonds is 3. The molecule has 0 fully saturated rings. The highest BCUT2D eigenvalue weighted by Gasteiger charge is 2.37. The molecule has 4 rings (SSSR count). The first-order valence-electron chi connectivity index (χ1n) is 10.3. The van der Waals surface area contributed by atoms with Crippen LogP contribution in [0.2, 0.25) is 0 Å². The molecule has 0 spiro atoms. The Bertz CT molecular complexity index is 970. The van der Waals surface area contributed by atoms with Gasteiger partial charge in [0.2, 0.25) is 0 Å². The molecule has 0 radical (unpaired) electrons. The molecule has 2 aromatic carbocycles. The molecule has 1 atom stereocenters. The number of carbonyl (C=O) groups excluding carboxylic acids is 1. The topological polar surface area (TPSA) is 47.9 Å². The predicted octanol–water partition coefficient (Wildman–Crippen LogP) is 5.69. The predicted molar refractivity (Wildman–Crippen MR) is 114 cm³/mol. The zero-order valence-corrected chi connectivity index (χ0v) is 17.9. The van der Waals surface area contributed by atoms with Crippen molar-refractivity contribution in [2.24, 2.45) is 5.16 Å². The second-order valence-corrected chi connectivity index (χ2v) is 9.48. The van der Waals surface area contributed by atoms with E-state index in [9.17, 15) is 4.79 Å². The average molecular weight is 392 g/mol. The highest BCUT2D eigenvalue weighted by atomic mass is 16.6. The lowest BCUT2D eigenvalue weighted by atomic mass is 9.63. The zero-order valence-electron chi connectivity index (χ0n) is 17.9. The molecule has 0 saturated heterocycles. The Balaban J connectivity index is 1.56. The molecule has 4 nitrogen and oxygen atoms in total. The van der Waals surface area contributed by atoms with Crippen LogP contribution in [-0.2, 0) is 20.4 Å². The maximum atomic E-state index is 11.6. The van der Waals surface area contributed by atoms with Gasteiger partial charge in [0.05, 0.1) is 18.4 Å². The van der Waals surface area contributed by atoms with E-state index >= 15 is 0 Å². The van der Waals surface area contributed by atoms with Crippen molar-refractivity contribution in [3.8, 4) is 0 Å². The van der Waals surface area contributed by atoms with Gasteiger partial charge in [0.15, 0.2) is 6.10 Å². The van der Waals surface area contributed by atoms with Crippen LogP contribution in [0.1, 0.15) is 85.7 Å². The SMILES string of the molecule is COC(=O)c1ccc(C2CC(c3ccc4c(c3)C(C)(C)CCC4(C)C)=NO2)cc1. The van der Waals surface area contributed by atoms with Crippen molar-refractivity contribution in [3.05, 3.63) is 70.3 Å². The van der Waals surface area contributed by atoms with Crippen LogP contribution in [0.5, 0.6) is 0 Å². The quantitative estimate of drug-likeness (QED) is 0.632. The van der Waals surface area contributed by atoms with E-state index in [0.29, 0.717) is 5.56 Å². The molecule has 152 valence electrons. The molecule has 0 N–H and O–H groups in total. The Morgan fingerprint density at radius 2 is 1.66 bits per heavy atom. The summed E-state index contributed by atoms with van der Waals surface area (Å²) in [5.41, 5.74) is 6.93. The molecule has 1 aliphatic heterocycles. The van der Waals surface area contributed by atoms with Gasteiger partial charge in [0, 0.05) is 6.42 Å².